The summed E-state index contributed by atoms with van der Waals surface area (Å²) in [6, 6.07) is 5.79. The van der Waals surface area contributed by atoms with Crippen molar-refractivity contribution < 1.29 is 9.53 Å². The average Bonchev–Trinajstić information content (AvgIpc) is 3.05. The van der Waals surface area contributed by atoms with Crippen LogP contribution in [0.15, 0.2) is 23.4 Å². The second-order valence-electron chi connectivity index (χ2n) is 5.39. The van der Waals surface area contributed by atoms with Crippen LogP contribution in [0.5, 0.6) is 5.75 Å². The number of thioether (sulfide) groups is 1. The van der Waals surface area contributed by atoms with Crippen molar-refractivity contribution in [1.82, 2.24) is 25.5 Å². The predicted molar refractivity (Wildman–Crippen MR) is 93.7 cm³/mol. The van der Waals surface area contributed by atoms with Gasteiger partial charge in [0.1, 0.15) is 11.4 Å². The Kier molecular flexibility index (Phi) is 7.05. The number of rotatable bonds is 9. The third kappa shape index (κ3) is 4.95. The summed E-state index contributed by atoms with van der Waals surface area (Å²) in [5.74, 6) is 0.946. The summed E-state index contributed by atoms with van der Waals surface area (Å²) in [7, 11) is 1.61. The number of nitrogens with zero attached hydrogens (tertiary/aromatic N) is 4. The molecule has 1 N–H and O–H groups in total. The zero-order chi connectivity index (χ0) is 17.4. The Morgan fingerprint density at radius 3 is 2.96 bits per heavy atom. The molecule has 0 fully saturated rings. The molecule has 0 aliphatic rings. The molecule has 0 spiro atoms. The predicted octanol–water partition coefficient (Wildman–Crippen LogP) is 2.38. The molecule has 24 heavy (non-hydrogen) atoms. The summed E-state index contributed by atoms with van der Waals surface area (Å²) in [4.78, 5) is 11.9. The van der Waals surface area contributed by atoms with Crippen LogP contribution >= 0.6 is 11.8 Å². The lowest BCUT2D eigenvalue weighted by molar-refractivity contribution is -0.118. The first-order valence-corrected chi connectivity index (χ1v) is 8.97. The maximum absolute atomic E-state index is 11.9. The lowest BCUT2D eigenvalue weighted by Crippen LogP contribution is -2.26. The molecule has 0 saturated heterocycles. The van der Waals surface area contributed by atoms with Crippen LogP contribution in [0.3, 0.4) is 0 Å². The first kappa shape index (κ1) is 18.3. The van der Waals surface area contributed by atoms with Crippen LogP contribution in [-0.2, 0) is 4.79 Å². The zero-order valence-corrected chi connectivity index (χ0v) is 15.1. The number of tetrazole rings is 1. The van der Waals surface area contributed by atoms with Gasteiger partial charge in [0.2, 0.25) is 11.1 Å². The van der Waals surface area contributed by atoms with Crippen molar-refractivity contribution in [2.24, 2.45) is 0 Å². The van der Waals surface area contributed by atoms with Gasteiger partial charge in [0.25, 0.3) is 0 Å². The van der Waals surface area contributed by atoms with Gasteiger partial charge in [-0.15, -0.1) is 5.10 Å². The van der Waals surface area contributed by atoms with Crippen LogP contribution in [-0.4, -0.2) is 45.5 Å². The molecule has 8 heteroatoms. The number of hydrogen-bond donors (Lipinski definition) is 1. The number of carbonyl (C=O) groups is 1. The monoisotopic (exact) mass is 349 g/mol. The Balaban J connectivity index is 2.01. The Bertz CT molecular complexity index is 674. The molecule has 0 aliphatic carbocycles. The molecule has 2 rings (SSSR count). The van der Waals surface area contributed by atoms with Gasteiger partial charge in [0.05, 0.1) is 12.9 Å². The van der Waals surface area contributed by atoms with Gasteiger partial charge in [0.15, 0.2) is 0 Å². The van der Waals surface area contributed by atoms with E-state index in [1.807, 2.05) is 25.1 Å². The molecule has 0 unspecified atom stereocenters. The number of aromatic nitrogens is 4. The van der Waals surface area contributed by atoms with Crippen LogP contribution in [0.1, 0.15) is 31.7 Å². The number of methoxy groups -OCH3 is 1. The van der Waals surface area contributed by atoms with E-state index in [-0.39, 0.29) is 11.7 Å². The number of nitrogens with one attached hydrogen (secondary N) is 1. The van der Waals surface area contributed by atoms with Gasteiger partial charge in [0, 0.05) is 6.54 Å². The van der Waals surface area contributed by atoms with Crippen molar-refractivity contribution in [3.63, 3.8) is 0 Å². The summed E-state index contributed by atoms with van der Waals surface area (Å²) >= 11 is 1.30. The van der Waals surface area contributed by atoms with Crippen molar-refractivity contribution >= 4 is 17.7 Å². The summed E-state index contributed by atoms with van der Waals surface area (Å²) in [6.07, 6.45) is 3.27. The molecule has 0 aliphatic heterocycles. The number of carbonyl (C=O) groups excluding carboxylic acids is 1. The Morgan fingerprint density at radius 1 is 1.38 bits per heavy atom. The number of amides is 1. The minimum absolute atomic E-state index is 0.0122. The van der Waals surface area contributed by atoms with Crippen molar-refractivity contribution in [2.45, 2.75) is 38.3 Å². The minimum Gasteiger partial charge on any atom is -0.494 e. The standard InChI is InChI=1S/C16H23N5O2S/c1-4-5-6-9-17-15(22)11-24-16-18-19-20-21(16)13-10-12(2)7-8-14(13)23-3/h7-8,10H,4-6,9,11H2,1-3H3,(H,17,22). The van der Waals surface area contributed by atoms with Gasteiger partial charge < -0.3 is 10.1 Å². The second-order valence-corrected chi connectivity index (χ2v) is 6.34. The fourth-order valence-corrected chi connectivity index (χ4v) is 2.88. The number of aryl methyl sites for hydroxylation is 1. The fraction of sp³-hybridized carbons (Fsp3) is 0.500. The highest BCUT2D eigenvalue weighted by Gasteiger charge is 2.15. The van der Waals surface area contributed by atoms with Gasteiger partial charge in [-0.3, -0.25) is 4.79 Å². The Morgan fingerprint density at radius 2 is 2.21 bits per heavy atom. The van der Waals surface area contributed by atoms with E-state index in [9.17, 15) is 4.79 Å². The van der Waals surface area contributed by atoms with E-state index < -0.39 is 0 Å². The molecular formula is C16H23N5O2S. The lowest BCUT2D eigenvalue weighted by Gasteiger charge is -2.10. The highest BCUT2D eigenvalue weighted by molar-refractivity contribution is 7.99. The smallest absolute Gasteiger partial charge is 0.230 e. The first-order valence-electron chi connectivity index (χ1n) is 7.98. The van der Waals surface area contributed by atoms with Crippen LogP contribution in [0, 0.1) is 6.92 Å². The number of hydrogen-bond acceptors (Lipinski definition) is 6. The van der Waals surface area contributed by atoms with E-state index in [2.05, 4.69) is 27.8 Å². The molecule has 7 nitrogen and oxygen atoms in total. The lowest BCUT2D eigenvalue weighted by atomic mass is 10.2. The SMILES string of the molecule is CCCCCNC(=O)CSc1nnnn1-c1cc(C)ccc1OC. The Hall–Kier alpha value is -2.09. The number of unbranched alkanes of at least 4 members (excludes halogenated alkanes) is 2. The molecule has 2 aromatic rings. The average molecular weight is 349 g/mol. The summed E-state index contributed by atoms with van der Waals surface area (Å²) < 4.78 is 6.97. The fourth-order valence-electron chi connectivity index (χ4n) is 2.17. The van der Waals surface area contributed by atoms with E-state index >= 15 is 0 Å². The molecule has 0 saturated carbocycles. The third-order valence-corrected chi connectivity index (χ3v) is 4.36. The van der Waals surface area contributed by atoms with Gasteiger partial charge in [-0.25, -0.2) is 0 Å². The van der Waals surface area contributed by atoms with Gasteiger partial charge in [-0.2, -0.15) is 4.68 Å². The minimum atomic E-state index is -0.0122. The van der Waals surface area contributed by atoms with E-state index in [1.165, 1.54) is 11.8 Å². The van der Waals surface area contributed by atoms with Gasteiger partial charge in [-0.1, -0.05) is 37.6 Å². The normalized spacial score (nSPS) is 10.6. The van der Waals surface area contributed by atoms with Crippen molar-refractivity contribution in [3.05, 3.63) is 23.8 Å². The summed E-state index contributed by atoms with van der Waals surface area (Å²) in [5.41, 5.74) is 1.83. The number of benzene rings is 1. The molecule has 0 atom stereocenters. The van der Waals surface area contributed by atoms with E-state index in [0.29, 0.717) is 17.5 Å². The van der Waals surface area contributed by atoms with Crippen LogP contribution in [0.25, 0.3) is 5.69 Å². The van der Waals surface area contributed by atoms with Crippen LogP contribution in [0.2, 0.25) is 0 Å². The first-order chi connectivity index (χ1) is 11.7. The largest absolute Gasteiger partial charge is 0.494 e. The van der Waals surface area contributed by atoms with Gasteiger partial charge in [-0.05, 0) is 41.5 Å². The molecule has 1 amide bonds. The second kappa shape index (κ2) is 9.27. The molecule has 0 radical (unpaired) electrons. The van der Waals surface area contributed by atoms with E-state index in [4.69, 9.17) is 4.74 Å². The zero-order valence-electron chi connectivity index (χ0n) is 14.3. The molecule has 130 valence electrons. The number of ether oxygens (including phenoxy) is 1. The molecule has 1 aromatic heterocycles. The molecular weight excluding hydrogens is 326 g/mol. The highest BCUT2D eigenvalue weighted by Crippen LogP contribution is 2.26. The topological polar surface area (TPSA) is 81.9 Å². The van der Waals surface area contributed by atoms with Gasteiger partial charge >= 0.3 is 0 Å². The van der Waals surface area contributed by atoms with Crippen molar-refractivity contribution in [3.8, 4) is 11.4 Å². The quantitative estimate of drug-likeness (QED) is 0.553. The van der Waals surface area contributed by atoms with E-state index in [1.54, 1.807) is 11.8 Å². The maximum atomic E-state index is 11.9. The van der Waals surface area contributed by atoms with Crippen molar-refractivity contribution in [1.29, 1.82) is 0 Å². The molecule has 0 bridgehead atoms. The maximum Gasteiger partial charge on any atom is 0.230 e. The highest BCUT2D eigenvalue weighted by atomic mass is 32.2. The van der Waals surface area contributed by atoms with Crippen LogP contribution < -0.4 is 10.1 Å². The third-order valence-electron chi connectivity index (χ3n) is 3.44. The summed E-state index contributed by atoms with van der Waals surface area (Å²) in [5, 5.41) is 15.2. The van der Waals surface area contributed by atoms with E-state index in [0.717, 1.165) is 30.5 Å². The Labute approximate surface area is 146 Å². The van der Waals surface area contributed by atoms with Crippen LogP contribution in [0.4, 0.5) is 0 Å². The molecule has 1 heterocycles. The molecule has 1 aromatic carbocycles. The van der Waals surface area contributed by atoms with Crippen molar-refractivity contribution in [2.75, 3.05) is 19.4 Å². The summed E-state index contributed by atoms with van der Waals surface area (Å²) in [6.45, 7) is 4.84.